The minimum Gasteiger partial charge on any atom is -0.298 e. The van der Waals surface area contributed by atoms with Gasteiger partial charge in [0, 0.05) is 26.2 Å². The second kappa shape index (κ2) is 2.07. The summed E-state index contributed by atoms with van der Waals surface area (Å²) in [7, 11) is 4.39. The van der Waals surface area contributed by atoms with E-state index in [0.717, 1.165) is 0 Å². The molecule has 0 N–H and O–H groups in total. The van der Waals surface area contributed by atoms with Crippen LogP contribution >= 0.6 is 0 Å². The molecule has 2 rings (SSSR count). The van der Waals surface area contributed by atoms with Gasteiger partial charge in [0.05, 0.1) is 0 Å². The van der Waals surface area contributed by atoms with Crippen LogP contribution in [-0.2, 0) is 0 Å². The van der Waals surface area contributed by atoms with Crippen LogP contribution in [0.5, 0.6) is 0 Å². The molecule has 2 heteroatoms. The quantitative estimate of drug-likeness (QED) is 0.440. The second-order valence-corrected chi connectivity index (χ2v) is 3.55. The molecule has 2 nitrogen and oxygen atoms in total. The average molecular weight is 138 g/mol. The van der Waals surface area contributed by atoms with Gasteiger partial charge >= 0.3 is 0 Å². The molecule has 2 heterocycles. The molecule has 0 aliphatic carbocycles. The van der Waals surface area contributed by atoms with Gasteiger partial charge in [-0.25, -0.2) is 0 Å². The highest BCUT2D eigenvalue weighted by Gasteiger charge is 2.25. The van der Waals surface area contributed by atoms with Crippen LogP contribution in [0, 0.1) is 0 Å². The van der Waals surface area contributed by atoms with Crippen molar-refractivity contribution < 1.29 is 0 Å². The fourth-order valence-corrected chi connectivity index (χ4v) is 1.96. The molecule has 0 amide bonds. The highest BCUT2D eigenvalue weighted by Crippen LogP contribution is 2.22. The lowest BCUT2D eigenvalue weighted by Gasteiger charge is -2.14. The molecule has 0 saturated carbocycles. The Bertz CT molecular complexity index is 148. The van der Waals surface area contributed by atoms with E-state index in [0.29, 0.717) is 0 Å². The predicted octanol–water partition coefficient (Wildman–Crippen LogP) is 0.174. The number of likely N-dealkylation sites (N-methyl/N-ethyl adjacent to an activating group) is 2. The summed E-state index contributed by atoms with van der Waals surface area (Å²) in [6, 6.07) is 0. The maximum atomic E-state index is 2.39. The van der Waals surface area contributed by atoms with Crippen molar-refractivity contribution in [2.45, 2.75) is 0 Å². The molecular formula is C8H14N2. The third kappa shape index (κ3) is 0.879. The molecule has 0 radical (unpaired) electrons. The van der Waals surface area contributed by atoms with Crippen molar-refractivity contribution in [3.8, 4) is 0 Å². The molecule has 0 saturated heterocycles. The van der Waals surface area contributed by atoms with Gasteiger partial charge in [0.25, 0.3) is 0 Å². The fourth-order valence-electron chi connectivity index (χ4n) is 1.96. The van der Waals surface area contributed by atoms with Crippen molar-refractivity contribution in [3.63, 3.8) is 0 Å². The largest absolute Gasteiger partial charge is 0.298 e. The van der Waals surface area contributed by atoms with Crippen molar-refractivity contribution in [1.82, 2.24) is 9.80 Å². The van der Waals surface area contributed by atoms with Gasteiger partial charge in [0.15, 0.2) is 0 Å². The lowest BCUT2D eigenvalue weighted by Crippen LogP contribution is -2.24. The molecule has 0 atom stereocenters. The Morgan fingerprint density at radius 3 is 1.40 bits per heavy atom. The topological polar surface area (TPSA) is 6.48 Å². The molecule has 56 valence electrons. The molecule has 0 aromatic heterocycles. The van der Waals surface area contributed by atoms with Gasteiger partial charge in [-0.1, -0.05) is 0 Å². The van der Waals surface area contributed by atoms with Gasteiger partial charge in [-0.3, -0.25) is 9.80 Å². The Morgan fingerprint density at radius 2 is 1.10 bits per heavy atom. The van der Waals surface area contributed by atoms with E-state index in [9.17, 15) is 0 Å². The van der Waals surface area contributed by atoms with Crippen molar-refractivity contribution in [3.05, 3.63) is 11.1 Å². The van der Waals surface area contributed by atoms with E-state index in [-0.39, 0.29) is 0 Å². The van der Waals surface area contributed by atoms with Crippen molar-refractivity contribution in [2.75, 3.05) is 40.3 Å². The van der Waals surface area contributed by atoms with Crippen LogP contribution in [0.15, 0.2) is 11.1 Å². The molecule has 2 aliphatic heterocycles. The number of rotatable bonds is 0. The first kappa shape index (κ1) is 6.38. The first-order valence-electron chi connectivity index (χ1n) is 3.82. The van der Waals surface area contributed by atoms with E-state index < -0.39 is 0 Å². The summed E-state index contributed by atoms with van der Waals surface area (Å²) in [5.41, 5.74) is 3.34. The number of hydrogen-bond acceptors (Lipinski definition) is 2. The summed E-state index contributed by atoms with van der Waals surface area (Å²) in [6.07, 6.45) is 0. The van der Waals surface area contributed by atoms with E-state index in [1.807, 2.05) is 0 Å². The molecule has 10 heavy (non-hydrogen) atoms. The zero-order valence-electron chi connectivity index (χ0n) is 6.72. The summed E-state index contributed by atoms with van der Waals surface area (Å²) in [5, 5.41) is 0. The fraction of sp³-hybridized carbons (Fsp3) is 0.750. The normalized spacial score (nSPS) is 28.2. The Balaban J connectivity index is 2.09. The number of nitrogens with zero attached hydrogens (tertiary/aromatic N) is 2. The highest BCUT2D eigenvalue weighted by atomic mass is 15.2. The molecular weight excluding hydrogens is 124 g/mol. The summed E-state index contributed by atoms with van der Waals surface area (Å²) < 4.78 is 0. The molecule has 0 aromatic rings. The van der Waals surface area contributed by atoms with Crippen molar-refractivity contribution >= 4 is 0 Å². The van der Waals surface area contributed by atoms with E-state index in [1.54, 1.807) is 11.1 Å². The zero-order chi connectivity index (χ0) is 7.14. The monoisotopic (exact) mass is 138 g/mol. The van der Waals surface area contributed by atoms with Gasteiger partial charge in [-0.2, -0.15) is 0 Å². The van der Waals surface area contributed by atoms with Gasteiger partial charge in [0.1, 0.15) is 0 Å². The van der Waals surface area contributed by atoms with Gasteiger partial charge < -0.3 is 0 Å². The molecule has 0 bridgehead atoms. The highest BCUT2D eigenvalue weighted by molar-refractivity contribution is 5.29. The Hall–Kier alpha value is -0.340. The standard InChI is InChI=1S/C8H14N2/c1-9-3-7-5-10(2)6-8(7)4-9/h3-6H2,1-2H3. The molecule has 0 spiro atoms. The van der Waals surface area contributed by atoms with E-state index >= 15 is 0 Å². The lowest BCUT2D eigenvalue weighted by atomic mass is 10.2. The summed E-state index contributed by atoms with van der Waals surface area (Å²) in [6.45, 7) is 4.83. The van der Waals surface area contributed by atoms with Crippen molar-refractivity contribution in [2.24, 2.45) is 0 Å². The third-order valence-electron chi connectivity index (χ3n) is 2.34. The van der Waals surface area contributed by atoms with Gasteiger partial charge in [-0.15, -0.1) is 0 Å². The summed E-state index contributed by atoms with van der Waals surface area (Å²) >= 11 is 0. The van der Waals surface area contributed by atoms with Crippen LogP contribution in [-0.4, -0.2) is 50.1 Å². The second-order valence-electron chi connectivity index (χ2n) is 3.55. The third-order valence-corrected chi connectivity index (χ3v) is 2.34. The van der Waals surface area contributed by atoms with E-state index in [4.69, 9.17) is 0 Å². The zero-order valence-corrected chi connectivity index (χ0v) is 6.72. The minimum absolute atomic E-state index is 1.21. The Kier molecular flexibility index (Phi) is 1.32. The maximum Gasteiger partial charge on any atom is 0.0209 e. The van der Waals surface area contributed by atoms with E-state index in [2.05, 4.69) is 23.9 Å². The predicted molar refractivity (Wildman–Crippen MR) is 42.0 cm³/mol. The van der Waals surface area contributed by atoms with Gasteiger partial charge in [0.2, 0.25) is 0 Å². The van der Waals surface area contributed by atoms with Crippen LogP contribution in [0.3, 0.4) is 0 Å². The van der Waals surface area contributed by atoms with Gasteiger partial charge in [-0.05, 0) is 25.2 Å². The molecule has 2 aliphatic rings. The first-order chi connectivity index (χ1) is 4.75. The number of hydrogen-bond donors (Lipinski definition) is 0. The van der Waals surface area contributed by atoms with E-state index in [1.165, 1.54) is 26.2 Å². The lowest BCUT2D eigenvalue weighted by molar-refractivity contribution is 0.358. The van der Waals surface area contributed by atoms with Crippen LogP contribution in [0.25, 0.3) is 0 Å². The summed E-state index contributed by atoms with van der Waals surface area (Å²) in [4.78, 5) is 4.77. The van der Waals surface area contributed by atoms with Crippen LogP contribution in [0.2, 0.25) is 0 Å². The molecule has 0 aromatic carbocycles. The molecule has 0 fully saturated rings. The molecule has 0 unspecified atom stereocenters. The van der Waals surface area contributed by atoms with Crippen LogP contribution < -0.4 is 0 Å². The van der Waals surface area contributed by atoms with Crippen molar-refractivity contribution in [1.29, 1.82) is 0 Å². The first-order valence-corrected chi connectivity index (χ1v) is 3.82. The Labute approximate surface area is 62.1 Å². The maximum absolute atomic E-state index is 2.39. The summed E-state index contributed by atoms with van der Waals surface area (Å²) in [5.74, 6) is 0. The van der Waals surface area contributed by atoms with Crippen LogP contribution in [0.4, 0.5) is 0 Å². The Morgan fingerprint density at radius 1 is 0.800 bits per heavy atom. The SMILES string of the molecule is CN1CC2=C(C1)CN(C)C2. The average Bonchev–Trinajstić information content (AvgIpc) is 2.21. The smallest absolute Gasteiger partial charge is 0.0209 e. The van der Waals surface area contributed by atoms with Crippen LogP contribution in [0.1, 0.15) is 0 Å². The minimum atomic E-state index is 1.21.